The molecule has 2 amide bonds. The highest BCUT2D eigenvalue weighted by Gasteiger charge is 2.24. The van der Waals surface area contributed by atoms with Crippen molar-refractivity contribution in [3.05, 3.63) is 35.9 Å². The van der Waals surface area contributed by atoms with Gasteiger partial charge in [-0.25, -0.2) is 0 Å². The van der Waals surface area contributed by atoms with Gasteiger partial charge in [-0.05, 0) is 12.8 Å². The number of Topliss-reactive ketones (excluding diaryl/α,β-unsaturated/α-hetero) is 1. The number of imide groups is 1. The average Bonchev–Trinajstić information content (AvgIpc) is 2.59. The summed E-state index contributed by atoms with van der Waals surface area (Å²) in [4.78, 5) is 36.7. The molecule has 0 aliphatic carbocycles. The second-order valence-corrected chi connectivity index (χ2v) is 4.69. The molecule has 0 spiro atoms. The van der Waals surface area contributed by atoms with Crippen molar-refractivity contribution >= 4 is 17.6 Å². The van der Waals surface area contributed by atoms with Gasteiger partial charge in [0, 0.05) is 31.4 Å². The van der Waals surface area contributed by atoms with E-state index in [0.717, 1.165) is 12.8 Å². The van der Waals surface area contributed by atoms with E-state index in [4.69, 9.17) is 0 Å². The number of amides is 2. The second-order valence-electron chi connectivity index (χ2n) is 4.69. The van der Waals surface area contributed by atoms with Crippen LogP contribution in [0.15, 0.2) is 30.3 Å². The van der Waals surface area contributed by atoms with Crippen LogP contribution in [0.1, 0.15) is 42.5 Å². The van der Waals surface area contributed by atoms with Crippen LogP contribution >= 0.6 is 0 Å². The summed E-state index contributed by atoms with van der Waals surface area (Å²) in [7, 11) is 0. The van der Waals surface area contributed by atoms with E-state index < -0.39 is 0 Å². The Bertz CT molecular complexity index is 463. The molecule has 0 atom stereocenters. The van der Waals surface area contributed by atoms with Crippen LogP contribution in [-0.2, 0) is 9.59 Å². The molecular formula is C15H17NO3. The van der Waals surface area contributed by atoms with Gasteiger partial charge in [-0.1, -0.05) is 30.3 Å². The van der Waals surface area contributed by atoms with Crippen LogP contribution in [0.2, 0.25) is 0 Å². The van der Waals surface area contributed by atoms with Crippen LogP contribution in [0.5, 0.6) is 0 Å². The molecule has 1 aromatic carbocycles. The maximum absolute atomic E-state index is 11.9. The van der Waals surface area contributed by atoms with Gasteiger partial charge < -0.3 is 0 Å². The molecule has 1 saturated heterocycles. The minimum atomic E-state index is -0.150. The third kappa shape index (κ3) is 3.50. The van der Waals surface area contributed by atoms with E-state index in [-0.39, 0.29) is 30.6 Å². The van der Waals surface area contributed by atoms with Crippen molar-refractivity contribution in [2.45, 2.75) is 32.1 Å². The van der Waals surface area contributed by atoms with E-state index >= 15 is 0 Å². The molecule has 1 aromatic rings. The number of hydrogen-bond donors (Lipinski definition) is 0. The predicted molar refractivity (Wildman–Crippen MR) is 70.6 cm³/mol. The van der Waals surface area contributed by atoms with Crippen molar-refractivity contribution in [1.29, 1.82) is 0 Å². The lowest BCUT2D eigenvalue weighted by Gasteiger charge is -2.18. The Labute approximate surface area is 112 Å². The maximum Gasteiger partial charge on any atom is 0.229 e. The number of nitrogens with zero attached hydrogens (tertiary/aromatic N) is 1. The van der Waals surface area contributed by atoms with E-state index in [2.05, 4.69) is 0 Å². The monoisotopic (exact) mass is 259 g/mol. The van der Waals surface area contributed by atoms with Gasteiger partial charge in [0.1, 0.15) is 0 Å². The SMILES string of the molecule is O=C(CCN1C(=O)CCCCC1=O)c1ccccc1. The minimum Gasteiger partial charge on any atom is -0.294 e. The number of benzene rings is 1. The molecule has 0 aromatic heterocycles. The first-order chi connectivity index (χ1) is 9.18. The van der Waals surface area contributed by atoms with Crippen LogP contribution in [0.3, 0.4) is 0 Å². The summed E-state index contributed by atoms with van der Waals surface area (Å²) < 4.78 is 0. The van der Waals surface area contributed by atoms with Crippen molar-refractivity contribution in [3.8, 4) is 0 Å². The van der Waals surface area contributed by atoms with E-state index in [9.17, 15) is 14.4 Å². The summed E-state index contributed by atoms with van der Waals surface area (Å²) in [6, 6.07) is 8.94. The number of carbonyl (C=O) groups is 3. The maximum atomic E-state index is 11.9. The zero-order chi connectivity index (χ0) is 13.7. The molecule has 1 heterocycles. The third-order valence-electron chi connectivity index (χ3n) is 3.29. The third-order valence-corrected chi connectivity index (χ3v) is 3.29. The Morgan fingerprint density at radius 3 is 2.16 bits per heavy atom. The zero-order valence-corrected chi connectivity index (χ0v) is 10.8. The van der Waals surface area contributed by atoms with Crippen LogP contribution in [0.4, 0.5) is 0 Å². The smallest absolute Gasteiger partial charge is 0.229 e. The average molecular weight is 259 g/mol. The molecule has 0 N–H and O–H groups in total. The predicted octanol–water partition coefficient (Wildman–Crippen LogP) is 2.19. The summed E-state index contributed by atoms with van der Waals surface area (Å²) in [5.74, 6) is -0.336. The van der Waals surface area contributed by atoms with Gasteiger partial charge in [0.25, 0.3) is 0 Å². The van der Waals surface area contributed by atoms with Crippen molar-refractivity contribution in [2.24, 2.45) is 0 Å². The Morgan fingerprint density at radius 1 is 1.00 bits per heavy atom. The fourth-order valence-corrected chi connectivity index (χ4v) is 2.19. The first-order valence-corrected chi connectivity index (χ1v) is 6.60. The van der Waals surface area contributed by atoms with Gasteiger partial charge in [0.15, 0.2) is 5.78 Å². The number of ketones is 1. The molecule has 0 unspecified atom stereocenters. The number of likely N-dealkylation sites (tertiary alicyclic amines) is 1. The molecular weight excluding hydrogens is 242 g/mol. The Kier molecular flexibility index (Phi) is 4.44. The topological polar surface area (TPSA) is 54.5 Å². The first kappa shape index (κ1) is 13.5. The molecule has 4 heteroatoms. The number of hydrogen-bond acceptors (Lipinski definition) is 3. The van der Waals surface area contributed by atoms with E-state index in [1.807, 2.05) is 6.07 Å². The number of rotatable bonds is 4. The van der Waals surface area contributed by atoms with E-state index in [1.54, 1.807) is 24.3 Å². The molecule has 0 radical (unpaired) electrons. The highest BCUT2D eigenvalue weighted by Crippen LogP contribution is 2.13. The first-order valence-electron chi connectivity index (χ1n) is 6.60. The van der Waals surface area contributed by atoms with Gasteiger partial charge in [0.05, 0.1) is 0 Å². The van der Waals surface area contributed by atoms with Crippen molar-refractivity contribution in [3.63, 3.8) is 0 Å². The summed E-state index contributed by atoms with van der Waals surface area (Å²) >= 11 is 0. The second kappa shape index (κ2) is 6.27. The summed E-state index contributed by atoms with van der Waals surface area (Å²) in [6.07, 6.45) is 2.53. The fourth-order valence-electron chi connectivity index (χ4n) is 2.19. The standard InChI is InChI=1S/C15H17NO3/c17-13(12-6-2-1-3-7-12)10-11-16-14(18)8-4-5-9-15(16)19/h1-3,6-7H,4-5,8-11H2. The highest BCUT2D eigenvalue weighted by molar-refractivity contribution is 5.99. The van der Waals surface area contributed by atoms with Crippen molar-refractivity contribution in [1.82, 2.24) is 4.90 Å². The Hall–Kier alpha value is -1.97. The normalized spacial score (nSPS) is 16.3. The van der Waals surface area contributed by atoms with Crippen LogP contribution < -0.4 is 0 Å². The molecule has 1 aliphatic heterocycles. The van der Waals surface area contributed by atoms with Crippen molar-refractivity contribution < 1.29 is 14.4 Å². The molecule has 1 aliphatic rings. The lowest BCUT2D eigenvalue weighted by molar-refractivity contribution is -0.143. The lowest BCUT2D eigenvalue weighted by atomic mass is 10.1. The lowest BCUT2D eigenvalue weighted by Crippen LogP contribution is -2.36. The molecule has 2 rings (SSSR count). The molecule has 0 bridgehead atoms. The largest absolute Gasteiger partial charge is 0.294 e. The summed E-state index contributed by atoms with van der Waals surface area (Å²) in [6.45, 7) is 0.200. The van der Waals surface area contributed by atoms with Gasteiger partial charge in [-0.2, -0.15) is 0 Å². The van der Waals surface area contributed by atoms with Gasteiger partial charge in [-0.15, -0.1) is 0 Å². The molecule has 0 saturated carbocycles. The van der Waals surface area contributed by atoms with Gasteiger partial charge in [-0.3, -0.25) is 19.3 Å². The minimum absolute atomic E-state index is 0.0366. The van der Waals surface area contributed by atoms with Gasteiger partial charge >= 0.3 is 0 Å². The molecule has 4 nitrogen and oxygen atoms in total. The van der Waals surface area contributed by atoms with Crippen LogP contribution in [0, 0.1) is 0 Å². The Morgan fingerprint density at radius 2 is 1.58 bits per heavy atom. The summed E-state index contributed by atoms with van der Waals surface area (Å²) in [5.41, 5.74) is 0.622. The fraction of sp³-hybridized carbons (Fsp3) is 0.400. The highest BCUT2D eigenvalue weighted by atomic mass is 16.2. The quantitative estimate of drug-likeness (QED) is 0.615. The van der Waals surface area contributed by atoms with E-state index in [1.165, 1.54) is 4.90 Å². The van der Waals surface area contributed by atoms with Crippen LogP contribution in [0.25, 0.3) is 0 Å². The Balaban J connectivity index is 1.95. The molecule has 1 fully saturated rings. The molecule has 19 heavy (non-hydrogen) atoms. The molecule has 100 valence electrons. The van der Waals surface area contributed by atoms with E-state index in [0.29, 0.717) is 18.4 Å². The summed E-state index contributed by atoms with van der Waals surface area (Å²) in [5, 5.41) is 0. The number of carbonyl (C=O) groups excluding carboxylic acids is 3. The van der Waals surface area contributed by atoms with Crippen LogP contribution in [-0.4, -0.2) is 29.0 Å². The van der Waals surface area contributed by atoms with Gasteiger partial charge in [0.2, 0.25) is 11.8 Å². The zero-order valence-electron chi connectivity index (χ0n) is 10.8. The van der Waals surface area contributed by atoms with Crippen molar-refractivity contribution in [2.75, 3.05) is 6.54 Å².